The average Bonchev–Trinajstić information content (AvgIpc) is 2.82. The molecule has 0 spiro atoms. The van der Waals surface area contributed by atoms with Crippen molar-refractivity contribution in [2.45, 2.75) is 0 Å². The van der Waals surface area contributed by atoms with Gasteiger partial charge in [0.05, 0.1) is 11.1 Å². The molecule has 0 radical (unpaired) electrons. The number of nitrogens with zero attached hydrogens (tertiary/aromatic N) is 2. The highest BCUT2D eigenvalue weighted by Crippen LogP contribution is 2.24. The third-order valence-corrected chi connectivity index (χ3v) is 4.57. The highest BCUT2D eigenvalue weighted by atomic mass is 32.1. The van der Waals surface area contributed by atoms with E-state index in [0.29, 0.717) is 8.83 Å². The zero-order valence-electron chi connectivity index (χ0n) is 8.78. The first-order chi connectivity index (χ1) is 8.11. The maximum Gasteiger partial charge on any atom is 0.210 e. The highest BCUT2D eigenvalue weighted by Gasteiger charge is 2.05. The molecule has 2 aromatic rings. The van der Waals surface area contributed by atoms with E-state index in [0.717, 1.165) is 9.06 Å². The molecule has 0 unspecified atom stereocenters. The van der Waals surface area contributed by atoms with E-state index in [-0.39, 0.29) is 5.88 Å². The van der Waals surface area contributed by atoms with Gasteiger partial charge in [0.15, 0.2) is 3.95 Å². The lowest BCUT2D eigenvalue weighted by Gasteiger charge is -1.92. The van der Waals surface area contributed by atoms with Gasteiger partial charge in [-0.25, -0.2) is 0 Å². The van der Waals surface area contributed by atoms with Gasteiger partial charge in [-0.05, 0) is 35.6 Å². The van der Waals surface area contributed by atoms with E-state index >= 15 is 0 Å². The smallest absolute Gasteiger partial charge is 0.210 e. The van der Waals surface area contributed by atoms with Crippen LogP contribution in [0.5, 0.6) is 5.88 Å². The Hall–Kier alpha value is -1.31. The molecule has 2 aromatic heterocycles. The Morgan fingerprint density at radius 2 is 2.12 bits per heavy atom. The third kappa shape index (κ3) is 2.51. The Morgan fingerprint density at radius 1 is 1.41 bits per heavy atom. The van der Waals surface area contributed by atoms with Crippen molar-refractivity contribution in [1.82, 2.24) is 4.57 Å². The summed E-state index contributed by atoms with van der Waals surface area (Å²) in [6.45, 7) is 0. The lowest BCUT2D eigenvalue weighted by molar-refractivity contribution is 0.430. The van der Waals surface area contributed by atoms with Gasteiger partial charge in [-0.2, -0.15) is 0 Å². The van der Waals surface area contributed by atoms with E-state index in [1.54, 1.807) is 17.7 Å². The molecular weight excluding hydrogens is 276 g/mol. The molecule has 1 N–H and O–H groups in total. The minimum absolute atomic E-state index is 0.160. The molecule has 0 fully saturated rings. The summed E-state index contributed by atoms with van der Waals surface area (Å²) in [6, 6.07) is 3.67. The molecule has 4 nitrogen and oxygen atoms in total. The molecule has 0 bridgehead atoms. The van der Waals surface area contributed by atoms with Crippen molar-refractivity contribution in [2.24, 2.45) is 12.2 Å². The molecule has 0 aliphatic heterocycles. The van der Waals surface area contributed by atoms with Crippen LogP contribution in [0.3, 0.4) is 0 Å². The Morgan fingerprint density at radius 3 is 2.71 bits per heavy atom. The lowest BCUT2D eigenvalue weighted by Crippen LogP contribution is -1.92. The SMILES string of the molecule is Cn1c(O)c(/C=c2/cc/c(=C\N=O)s2)sc1=S. The van der Waals surface area contributed by atoms with E-state index in [2.05, 4.69) is 5.18 Å². The van der Waals surface area contributed by atoms with Crippen LogP contribution in [0.15, 0.2) is 17.3 Å². The minimum Gasteiger partial charge on any atom is -0.493 e. The van der Waals surface area contributed by atoms with Crippen molar-refractivity contribution in [3.63, 3.8) is 0 Å². The number of thiazole rings is 1. The van der Waals surface area contributed by atoms with E-state index in [1.165, 1.54) is 28.9 Å². The molecule has 7 heteroatoms. The Bertz CT molecular complexity index is 724. The Balaban J connectivity index is 2.55. The average molecular weight is 284 g/mol. The molecule has 2 heterocycles. The molecule has 0 aromatic carbocycles. The van der Waals surface area contributed by atoms with E-state index < -0.39 is 0 Å². The zero-order chi connectivity index (χ0) is 12.4. The second-order valence-electron chi connectivity index (χ2n) is 3.23. The van der Waals surface area contributed by atoms with Crippen molar-refractivity contribution >= 4 is 47.2 Å². The number of nitroso groups, excluding NO2 is 1. The van der Waals surface area contributed by atoms with Gasteiger partial charge in [0.1, 0.15) is 0 Å². The topological polar surface area (TPSA) is 54.6 Å². The molecule has 0 atom stereocenters. The van der Waals surface area contributed by atoms with Crippen LogP contribution in [0.25, 0.3) is 12.3 Å². The summed E-state index contributed by atoms with van der Waals surface area (Å²) in [5.41, 5.74) is 0. The second kappa shape index (κ2) is 4.91. The van der Waals surface area contributed by atoms with Gasteiger partial charge < -0.3 is 5.11 Å². The zero-order valence-corrected chi connectivity index (χ0v) is 11.2. The summed E-state index contributed by atoms with van der Waals surface area (Å²) in [6.07, 6.45) is 3.09. The molecule has 2 rings (SSSR count). The standard InChI is InChI=1S/C10H8N2O2S3/c1-12-9(13)8(17-10(12)15)4-6-2-3-7(16-6)5-11-14/h2-5,13H,1H3/b6-4-,7-5+. The molecule has 17 heavy (non-hydrogen) atoms. The fourth-order valence-corrected chi connectivity index (χ4v) is 3.32. The first kappa shape index (κ1) is 12.2. The molecule has 0 aliphatic carbocycles. The fraction of sp³-hybridized carbons (Fsp3) is 0.100. The van der Waals surface area contributed by atoms with Crippen LogP contribution in [-0.4, -0.2) is 9.67 Å². The largest absolute Gasteiger partial charge is 0.493 e. The van der Waals surface area contributed by atoms with Gasteiger partial charge in [0.25, 0.3) is 0 Å². The van der Waals surface area contributed by atoms with Crippen molar-refractivity contribution in [1.29, 1.82) is 0 Å². The van der Waals surface area contributed by atoms with Crippen LogP contribution in [0, 0.1) is 8.86 Å². The summed E-state index contributed by atoms with van der Waals surface area (Å²) in [5.74, 6) is 0.160. The summed E-state index contributed by atoms with van der Waals surface area (Å²) in [7, 11) is 1.72. The quantitative estimate of drug-likeness (QED) is 0.677. The summed E-state index contributed by atoms with van der Waals surface area (Å²) in [4.78, 5) is 10.8. The first-order valence-electron chi connectivity index (χ1n) is 4.61. The van der Waals surface area contributed by atoms with Crippen LogP contribution < -0.4 is 9.06 Å². The van der Waals surface area contributed by atoms with Gasteiger partial charge >= 0.3 is 0 Å². The maximum atomic E-state index is 10.1. The van der Waals surface area contributed by atoms with Crippen LogP contribution in [0.4, 0.5) is 0 Å². The van der Waals surface area contributed by atoms with Gasteiger partial charge in [0.2, 0.25) is 5.88 Å². The van der Waals surface area contributed by atoms with Crippen LogP contribution in [0.2, 0.25) is 0 Å². The third-order valence-electron chi connectivity index (χ3n) is 2.11. The molecule has 0 saturated heterocycles. The van der Waals surface area contributed by atoms with Crippen LogP contribution >= 0.6 is 34.9 Å². The van der Waals surface area contributed by atoms with Crippen molar-refractivity contribution in [3.8, 4) is 5.88 Å². The number of thiophene rings is 1. The second-order valence-corrected chi connectivity index (χ2v) is 6.06. The lowest BCUT2D eigenvalue weighted by atomic mass is 10.4. The first-order valence-corrected chi connectivity index (χ1v) is 6.65. The van der Waals surface area contributed by atoms with Gasteiger partial charge in [-0.1, -0.05) is 0 Å². The normalized spacial score (nSPS) is 13.2. The molecular formula is C10H8N2O2S3. The van der Waals surface area contributed by atoms with Crippen LogP contribution in [0.1, 0.15) is 4.88 Å². The Kier molecular flexibility index (Phi) is 3.51. The number of hydrogen-bond donors (Lipinski definition) is 1. The molecule has 0 aliphatic rings. The number of aromatic nitrogens is 1. The Labute approximate surface area is 110 Å². The predicted molar refractivity (Wildman–Crippen MR) is 73.2 cm³/mol. The van der Waals surface area contributed by atoms with Crippen molar-refractivity contribution in [2.75, 3.05) is 0 Å². The number of aromatic hydroxyl groups is 1. The summed E-state index contributed by atoms with van der Waals surface area (Å²) in [5, 5.41) is 12.5. The summed E-state index contributed by atoms with van der Waals surface area (Å²) >= 11 is 7.83. The molecule has 88 valence electrons. The maximum absolute atomic E-state index is 10.1. The number of rotatable bonds is 2. The van der Waals surface area contributed by atoms with Crippen LogP contribution in [-0.2, 0) is 7.05 Å². The van der Waals surface area contributed by atoms with E-state index in [9.17, 15) is 10.0 Å². The van der Waals surface area contributed by atoms with Crippen molar-refractivity contribution in [3.05, 3.63) is 34.9 Å². The highest BCUT2D eigenvalue weighted by molar-refractivity contribution is 7.73. The monoisotopic (exact) mass is 284 g/mol. The predicted octanol–water partition coefficient (Wildman–Crippen LogP) is 1.92. The minimum atomic E-state index is 0.160. The van der Waals surface area contributed by atoms with E-state index in [4.69, 9.17) is 12.2 Å². The van der Waals surface area contributed by atoms with Gasteiger partial charge in [0, 0.05) is 16.1 Å². The van der Waals surface area contributed by atoms with Gasteiger partial charge in [-0.3, -0.25) is 4.57 Å². The summed E-state index contributed by atoms with van der Waals surface area (Å²) < 4.78 is 3.89. The van der Waals surface area contributed by atoms with Crippen molar-refractivity contribution < 1.29 is 5.11 Å². The number of hydrogen-bond acceptors (Lipinski definition) is 6. The van der Waals surface area contributed by atoms with Gasteiger partial charge in [-0.15, -0.1) is 27.6 Å². The van der Waals surface area contributed by atoms with E-state index in [1.807, 2.05) is 12.1 Å². The molecule has 0 saturated carbocycles. The molecule has 0 amide bonds. The fourth-order valence-electron chi connectivity index (χ4n) is 1.25.